The number of allylic oxidation sites excluding steroid dienone is 1. The molecule has 0 aromatic heterocycles. The van der Waals surface area contributed by atoms with Gasteiger partial charge in [-0.25, -0.2) is 0 Å². The van der Waals surface area contributed by atoms with Gasteiger partial charge in [0.15, 0.2) is 0 Å². The maximum absolute atomic E-state index is 10.9. The molecule has 0 fully saturated rings. The van der Waals surface area contributed by atoms with Crippen LogP contribution in [0.2, 0.25) is 0 Å². The lowest BCUT2D eigenvalue weighted by Crippen LogP contribution is -2.02. The van der Waals surface area contributed by atoms with Crippen molar-refractivity contribution in [3.05, 3.63) is 12.7 Å². The van der Waals surface area contributed by atoms with Gasteiger partial charge in [-0.1, -0.05) is 6.08 Å². The number of Topliss-reactive ketones (excluding diaryl/α,β-unsaturated/α-hetero) is 2. The second kappa shape index (κ2) is 4.91. The number of hydrogen-bond donors (Lipinski definition) is 0. The third-order valence-electron chi connectivity index (χ3n) is 0.890. The molecule has 0 aliphatic heterocycles. The summed E-state index contributed by atoms with van der Waals surface area (Å²) < 4.78 is 14.3. The lowest BCUT2D eigenvalue weighted by atomic mass is 10.1. The molecule has 2 nitrogen and oxygen atoms in total. The molecular formula is C8H12O2. The van der Waals surface area contributed by atoms with E-state index in [-0.39, 0.29) is 24.4 Å². The highest BCUT2D eigenvalue weighted by Crippen LogP contribution is 1.95. The number of rotatable bonds is 5. The van der Waals surface area contributed by atoms with Crippen LogP contribution in [0.4, 0.5) is 0 Å². The van der Waals surface area contributed by atoms with E-state index in [0.717, 1.165) is 6.08 Å². The molecule has 0 radical (unpaired) electrons. The fourth-order valence-corrected chi connectivity index (χ4v) is 0.526. The molecule has 0 spiro atoms. The summed E-state index contributed by atoms with van der Waals surface area (Å²) in [6, 6.07) is 0. The summed E-state index contributed by atoms with van der Waals surface area (Å²) in [6.07, 6.45) is -1.07. The van der Waals surface area contributed by atoms with E-state index in [0.29, 0.717) is 0 Å². The second-order valence-electron chi connectivity index (χ2n) is 2.00. The standard InChI is InChI=1S/C8H12O2/c1-3-4-5-8(10)6-7(2)9/h3H,1,4-6H2,2H3/i4D2. The summed E-state index contributed by atoms with van der Waals surface area (Å²) in [5, 5.41) is 0. The smallest absolute Gasteiger partial charge is 0.140 e. The average Bonchev–Trinajstić information content (AvgIpc) is 1.84. The molecule has 0 heterocycles. The summed E-state index contributed by atoms with van der Waals surface area (Å²) >= 11 is 0. The Morgan fingerprint density at radius 1 is 1.70 bits per heavy atom. The first-order chi connectivity index (χ1) is 5.37. The van der Waals surface area contributed by atoms with Crippen molar-refractivity contribution < 1.29 is 12.3 Å². The maximum Gasteiger partial charge on any atom is 0.140 e. The predicted molar refractivity (Wildman–Crippen MR) is 39.7 cm³/mol. The zero-order chi connectivity index (χ0) is 9.78. The largest absolute Gasteiger partial charge is 0.300 e. The Bertz CT molecular complexity index is 209. The van der Waals surface area contributed by atoms with E-state index in [2.05, 4.69) is 6.58 Å². The molecule has 0 aliphatic carbocycles. The zero-order valence-electron chi connectivity index (χ0n) is 8.02. The molecule has 0 amide bonds. The minimum atomic E-state index is -1.69. The Morgan fingerprint density at radius 2 is 2.30 bits per heavy atom. The first-order valence-electron chi connectivity index (χ1n) is 4.02. The summed E-state index contributed by atoms with van der Waals surface area (Å²) in [5.74, 6) is -0.618. The Hall–Kier alpha value is -0.920. The van der Waals surface area contributed by atoms with Crippen molar-refractivity contribution in [2.45, 2.75) is 26.1 Å². The second-order valence-corrected chi connectivity index (χ2v) is 2.00. The van der Waals surface area contributed by atoms with Gasteiger partial charge in [-0.2, -0.15) is 0 Å². The quantitative estimate of drug-likeness (QED) is 0.430. The van der Waals surface area contributed by atoms with Gasteiger partial charge >= 0.3 is 0 Å². The summed E-state index contributed by atoms with van der Waals surface area (Å²) in [4.78, 5) is 21.4. The molecule has 0 N–H and O–H groups in total. The maximum atomic E-state index is 10.9. The van der Waals surface area contributed by atoms with Gasteiger partial charge in [0.25, 0.3) is 0 Å². The molecular weight excluding hydrogens is 128 g/mol. The average molecular weight is 142 g/mol. The predicted octanol–water partition coefficient (Wildman–Crippen LogP) is 1.50. The molecule has 2 heteroatoms. The number of carbonyl (C=O) groups is 2. The van der Waals surface area contributed by atoms with Gasteiger partial charge in [-0.3, -0.25) is 9.59 Å². The van der Waals surface area contributed by atoms with Gasteiger partial charge in [0.2, 0.25) is 0 Å². The van der Waals surface area contributed by atoms with E-state index in [4.69, 9.17) is 2.74 Å². The third kappa shape index (κ3) is 5.22. The van der Waals surface area contributed by atoms with Crippen LogP contribution in [0.25, 0.3) is 0 Å². The van der Waals surface area contributed by atoms with Crippen molar-refractivity contribution in [1.82, 2.24) is 0 Å². The lowest BCUT2D eigenvalue weighted by Gasteiger charge is -1.92. The molecule has 56 valence electrons. The Balaban J connectivity index is 4.00. The van der Waals surface area contributed by atoms with Gasteiger partial charge in [-0.15, -0.1) is 6.58 Å². The first kappa shape index (κ1) is 5.83. The fraction of sp³-hybridized carbons (Fsp3) is 0.500. The topological polar surface area (TPSA) is 34.1 Å². The van der Waals surface area contributed by atoms with Crippen molar-refractivity contribution in [2.24, 2.45) is 0 Å². The minimum Gasteiger partial charge on any atom is -0.300 e. The Labute approximate surface area is 63.7 Å². The highest BCUT2D eigenvalue weighted by molar-refractivity contribution is 5.97. The highest BCUT2D eigenvalue weighted by atomic mass is 16.1. The van der Waals surface area contributed by atoms with Crippen molar-refractivity contribution >= 4 is 11.6 Å². The summed E-state index contributed by atoms with van der Waals surface area (Å²) in [6.45, 7) is 4.56. The van der Waals surface area contributed by atoms with Crippen molar-refractivity contribution in [3.8, 4) is 0 Å². The van der Waals surface area contributed by atoms with Crippen LogP contribution in [0.1, 0.15) is 28.9 Å². The van der Waals surface area contributed by atoms with Crippen LogP contribution in [0.5, 0.6) is 0 Å². The molecule has 0 bridgehead atoms. The van der Waals surface area contributed by atoms with E-state index in [1.165, 1.54) is 6.92 Å². The molecule has 0 saturated carbocycles. The molecule has 0 rings (SSSR count). The third-order valence-corrected chi connectivity index (χ3v) is 0.890. The fourth-order valence-electron chi connectivity index (χ4n) is 0.526. The van der Waals surface area contributed by atoms with Gasteiger partial charge in [0, 0.05) is 9.16 Å². The van der Waals surface area contributed by atoms with Gasteiger partial charge in [0.1, 0.15) is 11.6 Å². The van der Waals surface area contributed by atoms with Gasteiger partial charge in [-0.05, 0) is 13.3 Å². The highest BCUT2D eigenvalue weighted by Gasteiger charge is 2.02. The van der Waals surface area contributed by atoms with Crippen LogP contribution < -0.4 is 0 Å². The molecule has 10 heavy (non-hydrogen) atoms. The van der Waals surface area contributed by atoms with E-state index in [1.54, 1.807) is 0 Å². The van der Waals surface area contributed by atoms with Crippen molar-refractivity contribution in [3.63, 3.8) is 0 Å². The molecule has 0 aromatic rings. The van der Waals surface area contributed by atoms with E-state index >= 15 is 0 Å². The normalized spacial score (nSPS) is 13.3. The van der Waals surface area contributed by atoms with Crippen LogP contribution >= 0.6 is 0 Å². The monoisotopic (exact) mass is 142 g/mol. The minimum absolute atomic E-state index is 0.187. The Kier molecular flexibility index (Phi) is 2.87. The van der Waals surface area contributed by atoms with Crippen LogP contribution in [0, 0.1) is 0 Å². The van der Waals surface area contributed by atoms with Crippen molar-refractivity contribution in [1.29, 1.82) is 0 Å². The SMILES string of the molecule is [2H]C([2H])(C=C)CC(=O)CC(C)=O. The Morgan fingerprint density at radius 3 is 2.70 bits per heavy atom. The van der Waals surface area contributed by atoms with Crippen LogP contribution in [-0.4, -0.2) is 11.6 Å². The molecule has 0 aliphatic rings. The van der Waals surface area contributed by atoms with Crippen LogP contribution in [-0.2, 0) is 9.59 Å². The lowest BCUT2D eigenvalue weighted by molar-refractivity contribution is -0.125. The number of carbonyl (C=O) groups excluding carboxylic acids is 2. The molecule has 0 unspecified atom stereocenters. The zero-order valence-corrected chi connectivity index (χ0v) is 6.02. The first-order valence-corrected chi connectivity index (χ1v) is 3.02. The molecule has 0 aromatic carbocycles. The molecule has 0 atom stereocenters. The van der Waals surface area contributed by atoms with E-state index in [1.807, 2.05) is 0 Å². The van der Waals surface area contributed by atoms with Gasteiger partial charge < -0.3 is 0 Å². The van der Waals surface area contributed by atoms with Crippen LogP contribution in [0.15, 0.2) is 12.7 Å². The van der Waals surface area contributed by atoms with E-state index < -0.39 is 6.37 Å². The van der Waals surface area contributed by atoms with E-state index in [9.17, 15) is 9.59 Å². The summed E-state index contributed by atoms with van der Waals surface area (Å²) in [7, 11) is 0. The molecule has 0 saturated heterocycles. The number of ketones is 2. The van der Waals surface area contributed by atoms with Gasteiger partial charge in [0.05, 0.1) is 6.42 Å². The van der Waals surface area contributed by atoms with Crippen molar-refractivity contribution in [2.75, 3.05) is 0 Å². The number of hydrogen-bond acceptors (Lipinski definition) is 2. The van der Waals surface area contributed by atoms with Crippen LogP contribution in [0.3, 0.4) is 0 Å². The summed E-state index contributed by atoms with van der Waals surface area (Å²) in [5.41, 5.74) is 0.